The molecule has 75 valence electrons. The number of hydrogen-bond acceptors (Lipinski definition) is 2. The number of hydrogen-bond donors (Lipinski definition) is 2. The van der Waals surface area contributed by atoms with Crippen molar-refractivity contribution < 1.29 is 98.1 Å². The van der Waals surface area contributed by atoms with Crippen molar-refractivity contribution in [2.24, 2.45) is 11.5 Å². The molecule has 0 unspecified atom stereocenters. The largest absolute Gasteiger partial charge is 0.358 e. The van der Waals surface area contributed by atoms with Gasteiger partial charge >= 0.3 is 0 Å². The second kappa shape index (κ2) is 45.2. The molecule has 5 heteroatoms. The second-order valence-electron chi connectivity index (χ2n) is 1.15. The van der Waals surface area contributed by atoms with Crippen LogP contribution in [0.4, 0.5) is 0 Å². The molecule has 0 spiro atoms. The summed E-state index contributed by atoms with van der Waals surface area (Å²) < 4.78 is 0. The molecule has 0 aliphatic rings. The van der Waals surface area contributed by atoms with Gasteiger partial charge in [-0.1, -0.05) is 36.4 Å². The average Bonchev–Trinajstić information content (AvgIpc) is 2.14. The fourth-order valence-corrected chi connectivity index (χ4v) is 0.385. The molecule has 0 aliphatic heterocycles. The number of nitrogens with two attached hydrogens (primary N) is 2. The van der Waals surface area contributed by atoms with Gasteiger partial charge in [0, 0.05) is 98.1 Å². The molecule has 0 fully saturated rings. The summed E-state index contributed by atoms with van der Waals surface area (Å²) in [5.74, 6) is 0. The first kappa shape index (κ1) is 36.0. The van der Waals surface area contributed by atoms with Crippen LogP contribution in [0.3, 0.4) is 0 Å². The molecule has 0 aromatic heterocycles. The van der Waals surface area contributed by atoms with Crippen LogP contribution >= 0.6 is 0 Å². The van der Waals surface area contributed by atoms with E-state index in [9.17, 15) is 0 Å². The number of rotatable bonds is 0. The van der Waals surface area contributed by atoms with E-state index in [0.29, 0.717) is 0 Å². The van der Waals surface area contributed by atoms with Crippen LogP contribution in [0, 0.1) is 7.43 Å². The van der Waals surface area contributed by atoms with Crippen LogP contribution in [0.25, 0.3) is 0 Å². The maximum absolute atomic E-state index is 4.50. The molecule has 2 nitrogen and oxygen atoms in total. The normalized spacial score (nSPS) is 4.29. The Morgan fingerprint density at radius 3 is 0.643 bits per heavy atom. The molecule has 14 heavy (non-hydrogen) atoms. The summed E-state index contributed by atoms with van der Waals surface area (Å²) in [5.41, 5.74) is 9.00. The first-order chi connectivity index (χ1) is 5.00. The Morgan fingerprint density at radius 2 is 0.571 bits per heavy atom. The van der Waals surface area contributed by atoms with Crippen LogP contribution in [-0.4, -0.2) is 14.1 Å². The van der Waals surface area contributed by atoms with E-state index < -0.39 is 0 Å². The predicted octanol–water partition coefficient (Wildman–Crippen LogP) is 1.28. The van der Waals surface area contributed by atoms with Gasteiger partial charge in [0.1, 0.15) is 0 Å². The molecule has 0 saturated carbocycles. The molecule has 0 amide bonds. The number of benzene rings is 1. The summed E-state index contributed by atoms with van der Waals surface area (Å²) in [5, 5.41) is 0. The van der Waals surface area contributed by atoms with Crippen molar-refractivity contribution in [1.82, 2.24) is 0 Å². The van der Waals surface area contributed by atoms with Crippen molar-refractivity contribution in [3.63, 3.8) is 0 Å². The van der Waals surface area contributed by atoms with Crippen LogP contribution in [0.1, 0.15) is 0 Å². The molecule has 0 saturated heterocycles. The van der Waals surface area contributed by atoms with Gasteiger partial charge in [0.05, 0.1) is 0 Å². The molecule has 0 heterocycles. The van der Waals surface area contributed by atoms with Crippen molar-refractivity contribution in [2.45, 2.75) is 0 Å². The Kier molecular flexibility index (Phi) is 116. The Labute approximate surface area is 164 Å². The fourth-order valence-electron chi connectivity index (χ4n) is 0.385. The third-order valence-electron chi connectivity index (χ3n) is 0.667. The molecule has 0 bridgehead atoms. The van der Waals surface area contributed by atoms with Gasteiger partial charge in [0.2, 0.25) is 0 Å². The molecule has 0 atom stereocenters. The van der Waals surface area contributed by atoms with Gasteiger partial charge in [-0.05, 0) is 14.1 Å². The Bertz CT molecular complexity index is 90.0. The van der Waals surface area contributed by atoms with E-state index in [1.54, 1.807) is 0 Å². The van der Waals surface area contributed by atoms with Gasteiger partial charge in [-0.2, -0.15) is 0 Å². The second-order valence-corrected chi connectivity index (χ2v) is 1.15. The molecule has 4 N–H and O–H groups in total. The first-order valence-corrected chi connectivity index (χ1v) is 3.15. The third-order valence-corrected chi connectivity index (χ3v) is 0.667. The molecule has 3 radical (unpaired) electrons. The zero-order chi connectivity index (χ0) is 8.24. The van der Waals surface area contributed by atoms with E-state index in [2.05, 4.69) is 11.5 Å². The molecule has 1 aromatic carbocycles. The van der Waals surface area contributed by atoms with Gasteiger partial charge < -0.3 is 18.9 Å². The van der Waals surface area contributed by atoms with Gasteiger partial charge in [-0.15, -0.1) is 0 Å². The maximum atomic E-state index is 4.50. The smallest absolute Gasteiger partial charge is 0 e. The fraction of sp³-hybridized carbons (Fsp3) is 0.222. The zero-order valence-electron chi connectivity index (χ0n) is 9.35. The minimum Gasteiger partial charge on any atom is -0.358 e. The van der Waals surface area contributed by atoms with Crippen molar-refractivity contribution in [2.75, 3.05) is 14.1 Å². The minimum absolute atomic E-state index is 0. The SMILES string of the molecule is CN.CN.[CH3-].[Y].[Y].[Y].c1ccccc1. The quantitative estimate of drug-likeness (QED) is 0.620. The summed E-state index contributed by atoms with van der Waals surface area (Å²) >= 11 is 0. The molecule has 1 rings (SSSR count). The summed E-state index contributed by atoms with van der Waals surface area (Å²) in [6, 6.07) is 12.0. The first-order valence-electron chi connectivity index (χ1n) is 3.15. The molecular formula is C9H19N2Y3-. The van der Waals surface area contributed by atoms with Crippen molar-refractivity contribution in [3.05, 3.63) is 43.8 Å². The van der Waals surface area contributed by atoms with Gasteiger partial charge in [-0.3, -0.25) is 0 Å². The van der Waals surface area contributed by atoms with E-state index in [-0.39, 0.29) is 106 Å². The molecule has 1 aromatic rings. The van der Waals surface area contributed by atoms with Gasteiger partial charge in [0.15, 0.2) is 0 Å². The van der Waals surface area contributed by atoms with E-state index in [4.69, 9.17) is 0 Å². The van der Waals surface area contributed by atoms with E-state index in [1.807, 2.05) is 36.4 Å². The molecule has 0 aliphatic carbocycles. The maximum Gasteiger partial charge on any atom is 0 e. The van der Waals surface area contributed by atoms with Crippen LogP contribution in [0.2, 0.25) is 0 Å². The molecular weight excluding hydrogens is 403 g/mol. The standard InChI is InChI=1S/C6H6.2CH5N.CH3.3Y/c1-2-4-6-5-3-1;2*1-2;;;;/h1-6H;2*2H2,1H3;1H3;;;/q;;;-1;;;. The Morgan fingerprint density at radius 1 is 0.500 bits per heavy atom. The Hall–Kier alpha value is 2.45. The summed E-state index contributed by atoms with van der Waals surface area (Å²) in [6.07, 6.45) is 0. The summed E-state index contributed by atoms with van der Waals surface area (Å²) in [4.78, 5) is 0. The van der Waals surface area contributed by atoms with Crippen LogP contribution in [-0.2, 0) is 98.1 Å². The predicted molar refractivity (Wildman–Crippen MR) is 53.1 cm³/mol. The summed E-state index contributed by atoms with van der Waals surface area (Å²) in [7, 11) is 3.00. The van der Waals surface area contributed by atoms with Crippen molar-refractivity contribution in [1.29, 1.82) is 0 Å². The van der Waals surface area contributed by atoms with E-state index >= 15 is 0 Å². The Balaban J connectivity index is -0.0000000183. The topological polar surface area (TPSA) is 52.0 Å². The van der Waals surface area contributed by atoms with Crippen LogP contribution < -0.4 is 11.5 Å². The average molecular weight is 422 g/mol. The van der Waals surface area contributed by atoms with Crippen LogP contribution in [0.5, 0.6) is 0 Å². The van der Waals surface area contributed by atoms with Crippen LogP contribution in [0.15, 0.2) is 36.4 Å². The third kappa shape index (κ3) is 36.6. The minimum atomic E-state index is 0. The van der Waals surface area contributed by atoms with Gasteiger partial charge in [0.25, 0.3) is 0 Å². The van der Waals surface area contributed by atoms with Gasteiger partial charge in [-0.25, -0.2) is 0 Å². The van der Waals surface area contributed by atoms with Crippen molar-refractivity contribution in [3.8, 4) is 0 Å². The van der Waals surface area contributed by atoms with E-state index in [1.165, 1.54) is 14.1 Å². The van der Waals surface area contributed by atoms with E-state index in [0.717, 1.165) is 0 Å². The summed E-state index contributed by atoms with van der Waals surface area (Å²) in [6.45, 7) is 0. The monoisotopic (exact) mass is 422 g/mol. The van der Waals surface area contributed by atoms with Crippen molar-refractivity contribution >= 4 is 0 Å². The zero-order valence-corrected chi connectivity index (χ0v) is 17.9.